The minimum Gasteiger partial charge on any atom is -0.497 e. The first-order valence-corrected chi connectivity index (χ1v) is 8.70. The summed E-state index contributed by atoms with van der Waals surface area (Å²) in [6, 6.07) is 11.4. The number of carbonyl (C=O) groups excluding carboxylic acids is 1. The number of carbonyl (C=O) groups is 1. The number of nitrogens with zero attached hydrogens (tertiary/aromatic N) is 5. The molecule has 0 atom stereocenters. The first-order chi connectivity index (χ1) is 13.2. The fourth-order valence-electron chi connectivity index (χ4n) is 2.99. The molecule has 8 heteroatoms. The quantitative estimate of drug-likeness (QED) is 0.712. The second kappa shape index (κ2) is 7.45. The molecular weight excluding hydrogens is 344 g/mol. The van der Waals surface area contributed by atoms with Gasteiger partial charge < -0.3 is 15.0 Å². The molecule has 0 bridgehead atoms. The van der Waals surface area contributed by atoms with Crippen LogP contribution in [0.25, 0.3) is 5.82 Å². The molecule has 1 aliphatic heterocycles. The van der Waals surface area contributed by atoms with E-state index in [0.29, 0.717) is 25.5 Å². The van der Waals surface area contributed by atoms with Gasteiger partial charge in [0, 0.05) is 38.1 Å². The summed E-state index contributed by atoms with van der Waals surface area (Å²) in [4.78, 5) is 23.0. The van der Waals surface area contributed by atoms with Gasteiger partial charge in [0.05, 0.1) is 13.0 Å². The van der Waals surface area contributed by atoms with Crippen molar-refractivity contribution in [1.82, 2.24) is 25.1 Å². The maximum atomic E-state index is 12.4. The summed E-state index contributed by atoms with van der Waals surface area (Å²) in [7, 11) is 1.63. The van der Waals surface area contributed by atoms with E-state index in [2.05, 4.69) is 25.3 Å². The predicted octanol–water partition coefficient (Wildman–Crippen LogP) is 1.42. The van der Waals surface area contributed by atoms with Crippen LogP contribution >= 0.6 is 0 Å². The van der Waals surface area contributed by atoms with E-state index in [-0.39, 0.29) is 11.8 Å². The zero-order valence-corrected chi connectivity index (χ0v) is 14.9. The van der Waals surface area contributed by atoms with E-state index in [0.717, 1.165) is 17.1 Å². The SMILES string of the molecule is COc1cccc(CNC(=O)C2CN(c3cc(-n4cccn4)ncn3)C2)c1. The molecule has 27 heavy (non-hydrogen) atoms. The minimum atomic E-state index is -0.0428. The van der Waals surface area contributed by atoms with E-state index in [1.807, 2.05) is 42.6 Å². The van der Waals surface area contributed by atoms with Crippen LogP contribution in [0.3, 0.4) is 0 Å². The topological polar surface area (TPSA) is 85.2 Å². The molecule has 1 saturated heterocycles. The Morgan fingerprint density at radius 1 is 1.22 bits per heavy atom. The highest BCUT2D eigenvalue weighted by molar-refractivity contribution is 5.81. The molecule has 1 fully saturated rings. The normalized spacial score (nSPS) is 13.9. The maximum Gasteiger partial charge on any atom is 0.226 e. The summed E-state index contributed by atoms with van der Waals surface area (Å²) in [5.74, 6) is 2.30. The Hall–Kier alpha value is -3.42. The fourth-order valence-corrected chi connectivity index (χ4v) is 2.99. The van der Waals surface area contributed by atoms with Gasteiger partial charge in [0.25, 0.3) is 0 Å². The number of methoxy groups -OCH3 is 1. The summed E-state index contributed by atoms with van der Waals surface area (Å²) in [6.45, 7) is 1.77. The molecule has 8 nitrogen and oxygen atoms in total. The van der Waals surface area contributed by atoms with Gasteiger partial charge in [-0.15, -0.1) is 0 Å². The van der Waals surface area contributed by atoms with Crippen LogP contribution in [0.4, 0.5) is 5.82 Å². The summed E-state index contributed by atoms with van der Waals surface area (Å²) < 4.78 is 6.89. The molecule has 138 valence electrons. The van der Waals surface area contributed by atoms with Gasteiger partial charge in [0.15, 0.2) is 5.82 Å². The minimum absolute atomic E-state index is 0.0428. The third kappa shape index (κ3) is 3.74. The number of benzene rings is 1. The van der Waals surface area contributed by atoms with Gasteiger partial charge in [-0.3, -0.25) is 4.79 Å². The number of hydrogen-bond acceptors (Lipinski definition) is 6. The fraction of sp³-hybridized carbons (Fsp3) is 0.263. The van der Waals surface area contributed by atoms with Crippen molar-refractivity contribution in [1.29, 1.82) is 0 Å². The molecule has 1 amide bonds. The third-order valence-electron chi connectivity index (χ3n) is 4.55. The van der Waals surface area contributed by atoms with Crippen molar-refractivity contribution in [3.8, 4) is 11.6 Å². The Balaban J connectivity index is 1.31. The van der Waals surface area contributed by atoms with E-state index < -0.39 is 0 Å². The average molecular weight is 364 g/mol. The Bertz CT molecular complexity index is 921. The van der Waals surface area contributed by atoms with Crippen LogP contribution in [-0.4, -0.2) is 45.9 Å². The highest BCUT2D eigenvalue weighted by atomic mass is 16.5. The van der Waals surface area contributed by atoms with Crippen LogP contribution in [0, 0.1) is 5.92 Å². The maximum absolute atomic E-state index is 12.4. The smallest absolute Gasteiger partial charge is 0.226 e. The summed E-state index contributed by atoms with van der Waals surface area (Å²) in [5, 5.41) is 7.16. The summed E-state index contributed by atoms with van der Waals surface area (Å²) >= 11 is 0. The average Bonchev–Trinajstić information content (AvgIpc) is 3.20. The van der Waals surface area contributed by atoms with Crippen LogP contribution in [0.5, 0.6) is 5.75 Å². The van der Waals surface area contributed by atoms with Crippen molar-refractivity contribution in [3.05, 3.63) is 60.7 Å². The largest absolute Gasteiger partial charge is 0.497 e. The van der Waals surface area contributed by atoms with E-state index in [1.165, 1.54) is 6.33 Å². The third-order valence-corrected chi connectivity index (χ3v) is 4.55. The number of aromatic nitrogens is 4. The van der Waals surface area contributed by atoms with Gasteiger partial charge in [0.1, 0.15) is 17.9 Å². The number of ether oxygens (including phenoxy) is 1. The first kappa shape index (κ1) is 17.0. The number of anilines is 1. The lowest BCUT2D eigenvalue weighted by Gasteiger charge is -2.39. The van der Waals surface area contributed by atoms with Crippen LogP contribution in [0.15, 0.2) is 55.1 Å². The predicted molar refractivity (Wildman–Crippen MR) is 99.7 cm³/mol. The highest BCUT2D eigenvalue weighted by Gasteiger charge is 2.33. The van der Waals surface area contributed by atoms with Crippen LogP contribution < -0.4 is 15.0 Å². The van der Waals surface area contributed by atoms with Crippen molar-refractivity contribution in [2.24, 2.45) is 5.92 Å². The lowest BCUT2D eigenvalue weighted by molar-refractivity contribution is -0.125. The Labute approximate surface area is 156 Å². The molecule has 1 N–H and O–H groups in total. The van der Waals surface area contributed by atoms with Crippen molar-refractivity contribution in [2.45, 2.75) is 6.54 Å². The summed E-state index contributed by atoms with van der Waals surface area (Å²) in [6.07, 6.45) is 5.05. The molecule has 4 rings (SSSR count). The molecule has 3 heterocycles. The zero-order chi connectivity index (χ0) is 18.6. The highest BCUT2D eigenvalue weighted by Crippen LogP contribution is 2.23. The van der Waals surface area contributed by atoms with Gasteiger partial charge >= 0.3 is 0 Å². The van der Waals surface area contributed by atoms with Gasteiger partial charge in [0.2, 0.25) is 5.91 Å². The van der Waals surface area contributed by atoms with Gasteiger partial charge in [-0.25, -0.2) is 14.6 Å². The standard InChI is InChI=1S/C19H20N6O2/c1-27-16-5-2-4-14(8-16)10-20-19(26)15-11-24(12-15)17-9-18(22-13-21-17)25-7-3-6-23-25/h2-9,13,15H,10-12H2,1H3,(H,20,26). The first-order valence-electron chi connectivity index (χ1n) is 8.70. The second-order valence-corrected chi connectivity index (χ2v) is 6.36. The lowest BCUT2D eigenvalue weighted by atomic mass is 9.99. The van der Waals surface area contributed by atoms with Crippen LogP contribution in [0.2, 0.25) is 0 Å². The molecule has 0 saturated carbocycles. The van der Waals surface area contributed by atoms with Gasteiger partial charge in [-0.05, 0) is 23.8 Å². The van der Waals surface area contributed by atoms with Crippen molar-refractivity contribution >= 4 is 11.7 Å². The Kier molecular flexibility index (Phi) is 4.69. The number of amides is 1. The van der Waals surface area contributed by atoms with E-state index in [1.54, 1.807) is 18.0 Å². The number of nitrogens with one attached hydrogen (secondary N) is 1. The Morgan fingerprint density at radius 2 is 2.07 bits per heavy atom. The van der Waals surface area contributed by atoms with Crippen molar-refractivity contribution < 1.29 is 9.53 Å². The Morgan fingerprint density at radius 3 is 2.85 bits per heavy atom. The van der Waals surface area contributed by atoms with E-state index in [9.17, 15) is 4.79 Å². The molecule has 2 aromatic heterocycles. The number of hydrogen-bond donors (Lipinski definition) is 1. The molecule has 1 aliphatic rings. The van der Waals surface area contributed by atoms with Crippen molar-refractivity contribution in [2.75, 3.05) is 25.1 Å². The molecule has 0 radical (unpaired) electrons. The van der Waals surface area contributed by atoms with E-state index in [4.69, 9.17) is 4.74 Å². The molecule has 3 aromatic rings. The van der Waals surface area contributed by atoms with Crippen molar-refractivity contribution in [3.63, 3.8) is 0 Å². The molecular formula is C19H20N6O2. The molecule has 0 spiro atoms. The van der Waals surface area contributed by atoms with Crippen LogP contribution in [0.1, 0.15) is 5.56 Å². The van der Waals surface area contributed by atoms with Gasteiger partial charge in [-0.1, -0.05) is 12.1 Å². The monoisotopic (exact) mass is 364 g/mol. The van der Waals surface area contributed by atoms with Crippen LogP contribution in [-0.2, 0) is 11.3 Å². The molecule has 1 aromatic carbocycles. The number of rotatable bonds is 6. The molecule has 0 unspecified atom stereocenters. The van der Waals surface area contributed by atoms with Gasteiger partial charge in [-0.2, -0.15) is 5.10 Å². The zero-order valence-electron chi connectivity index (χ0n) is 14.9. The lowest BCUT2D eigenvalue weighted by Crippen LogP contribution is -2.54. The molecule has 0 aliphatic carbocycles. The summed E-state index contributed by atoms with van der Waals surface area (Å²) in [5.41, 5.74) is 1.01. The van der Waals surface area contributed by atoms with E-state index >= 15 is 0 Å². The second-order valence-electron chi connectivity index (χ2n) is 6.36.